The van der Waals surface area contributed by atoms with Crippen LogP contribution in [0.2, 0.25) is 0 Å². The Balaban J connectivity index is 1.45. The van der Waals surface area contributed by atoms with Gasteiger partial charge in [0.1, 0.15) is 24.3 Å². The predicted octanol–water partition coefficient (Wildman–Crippen LogP) is 2.91. The average Bonchev–Trinajstić information content (AvgIpc) is 3.13. The summed E-state index contributed by atoms with van der Waals surface area (Å²) < 4.78 is 24.0. The molecule has 1 aromatic carbocycles. The van der Waals surface area contributed by atoms with Gasteiger partial charge in [-0.25, -0.2) is 9.37 Å². The number of nitrogens with zero attached hydrogens (tertiary/aromatic N) is 1. The molecule has 1 unspecified atom stereocenters. The molecule has 2 aromatic rings. The van der Waals surface area contributed by atoms with Gasteiger partial charge >= 0.3 is 0 Å². The molecule has 1 atom stereocenters. The van der Waals surface area contributed by atoms with Gasteiger partial charge in [0.15, 0.2) is 0 Å². The Bertz CT molecular complexity index is 706. The lowest BCUT2D eigenvalue weighted by atomic mass is 10.2. The summed E-state index contributed by atoms with van der Waals surface area (Å²) in [5, 5.41) is 2.78. The van der Waals surface area contributed by atoms with E-state index in [-0.39, 0.29) is 17.8 Å². The van der Waals surface area contributed by atoms with Crippen LogP contribution in [0.1, 0.15) is 16.8 Å². The van der Waals surface area contributed by atoms with E-state index in [4.69, 9.17) is 9.47 Å². The van der Waals surface area contributed by atoms with Gasteiger partial charge in [-0.1, -0.05) is 0 Å². The summed E-state index contributed by atoms with van der Waals surface area (Å²) in [5.41, 5.74) is 0.498. The number of benzene rings is 1. The van der Waals surface area contributed by atoms with Crippen molar-refractivity contribution in [3.05, 3.63) is 54.0 Å². The lowest BCUT2D eigenvalue weighted by Gasteiger charge is -2.12. The van der Waals surface area contributed by atoms with Crippen LogP contribution in [0, 0.1) is 5.82 Å². The third kappa shape index (κ3) is 5.35. The molecule has 0 saturated carbocycles. The number of pyridine rings is 1. The van der Waals surface area contributed by atoms with Crippen molar-refractivity contribution in [2.75, 3.05) is 24.7 Å². The molecular formula is C18H19FN2O3S. The van der Waals surface area contributed by atoms with E-state index >= 15 is 0 Å². The molecule has 0 radical (unpaired) electrons. The monoisotopic (exact) mass is 362 g/mol. The molecule has 1 aliphatic rings. The quantitative estimate of drug-likeness (QED) is 0.768. The summed E-state index contributed by atoms with van der Waals surface area (Å²) in [6.07, 6.45) is 2.74. The number of ether oxygens (including phenoxy) is 2. The Labute approximate surface area is 149 Å². The van der Waals surface area contributed by atoms with Crippen LogP contribution in [0.4, 0.5) is 4.39 Å². The van der Waals surface area contributed by atoms with E-state index in [1.54, 1.807) is 30.5 Å². The first kappa shape index (κ1) is 17.5. The first-order valence-corrected chi connectivity index (χ1v) is 9.23. The van der Waals surface area contributed by atoms with Crippen LogP contribution in [-0.4, -0.2) is 41.7 Å². The summed E-state index contributed by atoms with van der Waals surface area (Å²) in [6, 6.07) is 9.05. The maximum Gasteiger partial charge on any atom is 0.251 e. The zero-order valence-electron chi connectivity index (χ0n) is 13.6. The van der Waals surface area contributed by atoms with E-state index in [2.05, 4.69) is 10.3 Å². The number of carbonyl (C=O) groups is 1. The number of amides is 1. The normalized spacial score (nSPS) is 16.4. The molecule has 0 spiro atoms. The molecule has 2 heterocycles. The van der Waals surface area contributed by atoms with Gasteiger partial charge < -0.3 is 14.8 Å². The summed E-state index contributed by atoms with van der Waals surface area (Å²) in [5.74, 6) is 2.56. The second kappa shape index (κ2) is 8.71. The van der Waals surface area contributed by atoms with Crippen molar-refractivity contribution < 1.29 is 18.7 Å². The van der Waals surface area contributed by atoms with Gasteiger partial charge in [-0.3, -0.25) is 4.79 Å². The minimum absolute atomic E-state index is 0.167. The van der Waals surface area contributed by atoms with Crippen molar-refractivity contribution in [1.29, 1.82) is 0 Å². The molecule has 1 amide bonds. The lowest BCUT2D eigenvalue weighted by molar-refractivity contribution is 0.0946. The Hall–Kier alpha value is -2.28. The van der Waals surface area contributed by atoms with Gasteiger partial charge in [0.05, 0.1) is 6.54 Å². The molecule has 5 nitrogen and oxygen atoms in total. The summed E-state index contributed by atoms with van der Waals surface area (Å²) in [6.45, 7) is 0.638. The number of aromatic nitrogens is 1. The van der Waals surface area contributed by atoms with Crippen molar-refractivity contribution in [2.45, 2.75) is 12.5 Å². The molecule has 132 valence electrons. The van der Waals surface area contributed by atoms with E-state index in [1.165, 1.54) is 12.1 Å². The van der Waals surface area contributed by atoms with Crippen molar-refractivity contribution in [3.8, 4) is 11.6 Å². The first-order valence-electron chi connectivity index (χ1n) is 8.08. The predicted molar refractivity (Wildman–Crippen MR) is 94.8 cm³/mol. The zero-order valence-corrected chi connectivity index (χ0v) is 14.4. The van der Waals surface area contributed by atoms with Crippen LogP contribution in [0.3, 0.4) is 0 Å². The number of thioether (sulfide) groups is 1. The third-order valence-corrected chi connectivity index (χ3v) is 4.77. The molecule has 1 aliphatic heterocycles. The van der Waals surface area contributed by atoms with Gasteiger partial charge in [-0.15, -0.1) is 0 Å². The van der Waals surface area contributed by atoms with E-state index in [0.717, 1.165) is 17.9 Å². The van der Waals surface area contributed by atoms with Crippen LogP contribution in [0.5, 0.6) is 11.6 Å². The average molecular weight is 362 g/mol. The Morgan fingerprint density at radius 3 is 2.92 bits per heavy atom. The highest BCUT2D eigenvalue weighted by atomic mass is 32.2. The van der Waals surface area contributed by atoms with Gasteiger partial charge in [0, 0.05) is 23.6 Å². The van der Waals surface area contributed by atoms with Gasteiger partial charge in [-0.05, 0) is 42.5 Å². The fourth-order valence-corrected chi connectivity index (χ4v) is 3.45. The minimum atomic E-state index is -0.312. The number of hydrogen-bond acceptors (Lipinski definition) is 5. The van der Waals surface area contributed by atoms with Crippen LogP contribution in [0.25, 0.3) is 0 Å². The van der Waals surface area contributed by atoms with Gasteiger partial charge in [0.2, 0.25) is 5.88 Å². The molecule has 1 N–H and O–H groups in total. The molecule has 1 aromatic heterocycles. The highest BCUT2D eigenvalue weighted by Gasteiger charge is 2.18. The van der Waals surface area contributed by atoms with E-state index < -0.39 is 0 Å². The Kier molecular flexibility index (Phi) is 6.11. The number of nitrogens with one attached hydrogen (secondary N) is 1. The molecule has 1 saturated heterocycles. The summed E-state index contributed by atoms with van der Waals surface area (Å²) in [7, 11) is 0. The fraction of sp³-hybridized carbons (Fsp3) is 0.333. The van der Waals surface area contributed by atoms with Crippen LogP contribution < -0.4 is 14.8 Å². The number of halogens is 1. The summed E-state index contributed by atoms with van der Waals surface area (Å²) >= 11 is 1.86. The largest absolute Gasteiger partial charge is 0.492 e. The van der Waals surface area contributed by atoms with Crippen LogP contribution in [-0.2, 0) is 0 Å². The molecule has 3 rings (SSSR count). The second-order valence-corrected chi connectivity index (χ2v) is 6.69. The minimum Gasteiger partial charge on any atom is -0.492 e. The maximum absolute atomic E-state index is 12.8. The van der Waals surface area contributed by atoms with Gasteiger partial charge in [-0.2, -0.15) is 11.8 Å². The maximum atomic E-state index is 12.8. The first-order chi connectivity index (χ1) is 12.2. The number of carbonyl (C=O) groups excluding carboxylic acids is 1. The number of hydrogen-bond donors (Lipinski definition) is 1. The Morgan fingerprint density at radius 2 is 2.16 bits per heavy atom. The van der Waals surface area contributed by atoms with Crippen molar-refractivity contribution in [2.24, 2.45) is 0 Å². The fourth-order valence-electron chi connectivity index (χ4n) is 2.36. The molecule has 7 heteroatoms. The molecular weight excluding hydrogens is 343 g/mol. The van der Waals surface area contributed by atoms with Crippen LogP contribution in [0.15, 0.2) is 42.6 Å². The third-order valence-electron chi connectivity index (χ3n) is 3.64. The van der Waals surface area contributed by atoms with Crippen molar-refractivity contribution >= 4 is 17.7 Å². The highest BCUT2D eigenvalue weighted by molar-refractivity contribution is 7.99. The standard InChI is InChI=1S/C18H19FN2O3S/c19-14-1-3-15(4-2-14)23-9-8-21-18(22)13-5-7-20-17(11-13)24-16-6-10-25-12-16/h1-5,7,11,16H,6,8-10,12H2,(H,21,22). The zero-order chi connectivity index (χ0) is 17.5. The van der Waals surface area contributed by atoms with Crippen molar-refractivity contribution in [3.63, 3.8) is 0 Å². The number of rotatable bonds is 7. The molecule has 0 aliphatic carbocycles. The van der Waals surface area contributed by atoms with Gasteiger partial charge in [0.25, 0.3) is 5.91 Å². The molecule has 1 fully saturated rings. The SMILES string of the molecule is O=C(NCCOc1ccc(F)cc1)c1ccnc(OC2CCSC2)c1. The van der Waals surface area contributed by atoms with E-state index in [1.807, 2.05) is 11.8 Å². The van der Waals surface area contributed by atoms with Crippen molar-refractivity contribution in [1.82, 2.24) is 10.3 Å². The van der Waals surface area contributed by atoms with Crippen LogP contribution >= 0.6 is 11.8 Å². The highest BCUT2D eigenvalue weighted by Crippen LogP contribution is 2.22. The smallest absolute Gasteiger partial charge is 0.251 e. The summed E-state index contributed by atoms with van der Waals surface area (Å²) in [4.78, 5) is 16.3. The molecule has 0 bridgehead atoms. The van der Waals surface area contributed by atoms with E-state index in [0.29, 0.717) is 30.3 Å². The van der Waals surface area contributed by atoms with E-state index in [9.17, 15) is 9.18 Å². The second-order valence-electron chi connectivity index (χ2n) is 5.54. The Morgan fingerprint density at radius 1 is 1.32 bits per heavy atom. The lowest BCUT2D eigenvalue weighted by Crippen LogP contribution is -2.28. The topological polar surface area (TPSA) is 60.5 Å². The molecule has 25 heavy (non-hydrogen) atoms.